The number of hydrogen-bond acceptors (Lipinski definition) is 5. The van der Waals surface area contributed by atoms with E-state index in [1.807, 2.05) is 0 Å². The van der Waals surface area contributed by atoms with Crippen molar-refractivity contribution in [2.45, 2.75) is 38.6 Å². The smallest absolute Gasteiger partial charge is 0.236 e. The molecule has 1 fully saturated rings. The van der Waals surface area contributed by atoms with Crippen LogP contribution in [-0.2, 0) is 20.8 Å². The molecule has 0 aromatic carbocycles. The van der Waals surface area contributed by atoms with Crippen LogP contribution >= 0.6 is 0 Å². The molecule has 3 N–H and O–H groups in total. The molecule has 1 aromatic heterocycles. The van der Waals surface area contributed by atoms with E-state index in [0.717, 1.165) is 25.1 Å². The number of rotatable bonds is 6. The Hall–Kier alpha value is -2.51. The van der Waals surface area contributed by atoms with E-state index in [1.54, 1.807) is 24.2 Å². The fourth-order valence-corrected chi connectivity index (χ4v) is 2.63. The molecule has 0 aliphatic carbocycles. The summed E-state index contributed by atoms with van der Waals surface area (Å²) in [5.74, 6) is -0.785. The molecule has 0 bridgehead atoms. The molecule has 1 saturated heterocycles. The Bertz CT molecular complexity index is 587. The second kappa shape index (κ2) is 7.66. The summed E-state index contributed by atoms with van der Waals surface area (Å²) in [5.41, 5.74) is 6.42. The first-order valence-corrected chi connectivity index (χ1v) is 7.60. The Labute approximate surface area is 134 Å². The summed E-state index contributed by atoms with van der Waals surface area (Å²) >= 11 is 0. The molecule has 0 unspecified atom stereocenters. The van der Waals surface area contributed by atoms with Gasteiger partial charge in [0, 0.05) is 26.1 Å². The average Bonchev–Trinajstić information content (AvgIpc) is 3.01. The maximum Gasteiger partial charge on any atom is 0.236 e. The summed E-state index contributed by atoms with van der Waals surface area (Å²) in [7, 11) is 0. The zero-order valence-corrected chi connectivity index (χ0v) is 13.1. The molecule has 3 amide bonds. The van der Waals surface area contributed by atoms with Gasteiger partial charge in [0.2, 0.25) is 17.7 Å². The lowest BCUT2D eigenvalue weighted by molar-refractivity contribution is -0.129. The highest BCUT2D eigenvalue weighted by atomic mass is 16.2. The minimum absolute atomic E-state index is 0.00656. The fourth-order valence-electron chi connectivity index (χ4n) is 2.63. The van der Waals surface area contributed by atoms with Crippen LogP contribution in [0.2, 0.25) is 0 Å². The number of primary amides is 1. The summed E-state index contributed by atoms with van der Waals surface area (Å²) in [4.78, 5) is 44.2. The van der Waals surface area contributed by atoms with Crippen LogP contribution in [0.3, 0.4) is 0 Å². The summed E-state index contributed by atoms with van der Waals surface area (Å²) in [6.07, 6.45) is 5.80. The van der Waals surface area contributed by atoms with Crippen molar-refractivity contribution in [1.29, 1.82) is 0 Å². The molecule has 2 rings (SSSR count). The lowest BCUT2D eigenvalue weighted by Gasteiger charge is -2.22. The molecule has 0 spiro atoms. The Morgan fingerprint density at radius 3 is 2.74 bits per heavy atom. The second-order valence-corrected chi connectivity index (χ2v) is 5.55. The van der Waals surface area contributed by atoms with Gasteiger partial charge in [0.05, 0.1) is 30.2 Å². The monoisotopic (exact) mass is 319 g/mol. The number of nitrogens with one attached hydrogen (secondary N) is 1. The number of hydrogen-bond donors (Lipinski definition) is 2. The summed E-state index contributed by atoms with van der Waals surface area (Å²) in [6.45, 7) is 2.15. The largest absolute Gasteiger partial charge is 0.368 e. The Kier molecular flexibility index (Phi) is 5.61. The van der Waals surface area contributed by atoms with Gasteiger partial charge in [-0.3, -0.25) is 24.4 Å². The molecule has 0 radical (unpaired) electrons. The molecule has 23 heavy (non-hydrogen) atoms. The van der Waals surface area contributed by atoms with Gasteiger partial charge < -0.3 is 16.0 Å². The third-order valence-corrected chi connectivity index (χ3v) is 3.79. The van der Waals surface area contributed by atoms with Crippen molar-refractivity contribution in [2.24, 2.45) is 5.73 Å². The van der Waals surface area contributed by atoms with Gasteiger partial charge >= 0.3 is 0 Å². The molecule has 8 heteroatoms. The molecule has 2 heterocycles. The first-order valence-electron chi connectivity index (χ1n) is 7.60. The second-order valence-electron chi connectivity index (χ2n) is 5.55. The topological polar surface area (TPSA) is 118 Å². The minimum Gasteiger partial charge on any atom is -0.368 e. The van der Waals surface area contributed by atoms with Gasteiger partial charge in [-0.2, -0.15) is 0 Å². The van der Waals surface area contributed by atoms with Gasteiger partial charge in [-0.15, -0.1) is 0 Å². The number of likely N-dealkylation sites (tertiary alicyclic amines) is 1. The predicted molar refractivity (Wildman–Crippen MR) is 81.9 cm³/mol. The number of aromatic nitrogens is 2. The van der Waals surface area contributed by atoms with E-state index >= 15 is 0 Å². The van der Waals surface area contributed by atoms with Gasteiger partial charge in [0.15, 0.2) is 0 Å². The number of nitrogens with two attached hydrogens (primary N) is 1. The van der Waals surface area contributed by atoms with E-state index in [4.69, 9.17) is 5.73 Å². The van der Waals surface area contributed by atoms with Crippen molar-refractivity contribution in [3.8, 4) is 0 Å². The number of amides is 3. The van der Waals surface area contributed by atoms with Gasteiger partial charge in [0.25, 0.3) is 0 Å². The molecular formula is C15H21N5O3. The fraction of sp³-hybridized carbons (Fsp3) is 0.533. The van der Waals surface area contributed by atoms with Crippen molar-refractivity contribution < 1.29 is 14.4 Å². The lowest BCUT2D eigenvalue weighted by Crippen LogP contribution is -2.33. The van der Waals surface area contributed by atoms with E-state index in [9.17, 15) is 14.4 Å². The lowest BCUT2D eigenvalue weighted by atomic mass is 10.1. The van der Waals surface area contributed by atoms with Gasteiger partial charge in [-0.25, -0.2) is 0 Å². The molecule has 124 valence electrons. The third-order valence-electron chi connectivity index (χ3n) is 3.79. The summed E-state index contributed by atoms with van der Waals surface area (Å²) in [5, 5.41) is 2.42. The van der Waals surface area contributed by atoms with Crippen LogP contribution < -0.4 is 11.1 Å². The normalized spacial score (nSPS) is 17.1. The number of carbonyl (C=O) groups is 3. The molecule has 1 atom stereocenters. The van der Waals surface area contributed by atoms with Crippen LogP contribution in [0, 0.1) is 0 Å². The van der Waals surface area contributed by atoms with Crippen molar-refractivity contribution in [2.75, 3.05) is 13.1 Å². The Morgan fingerprint density at radius 1 is 1.35 bits per heavy atom. The van der Waals surface area contributed by atoms with E-state index in [-0.39, 0.29) is 30.8 Å². The molecule has 1 aromatic rings. The van der Waals surface area contributed by atoms with Crippen LogP contribution in [-0.4, -0.2) is 45.7 Å². The zero-order valence-electron chi connectivity index (χ0n) is 13.1. The highest BCUT2D eigenvalue weighted by molar-refractivity contribution is 5.83. The zero-order chi connectivity index (χ0) is 16.8. The number of aryl methyl sites for hydroxylation is 1. The van der Waals surface area contributed by atoms with E-state index < -0.39 is 5.91 Å². The molecule has 1 aliphatic rings. The van der Waals surface area contributed by atoms with Gasteiger partial charge in [-0.1, -0.05) is 0 Å². The first-order chi connectivity index (χ1) is 11.0. The summed E-state index contributed by atoms with van der Waals surface area (Å²) in [6, 6.07) is -0.00656. The summed E-state index contributed by atoms with van der Waals surface area (Å²) < 4.78 is 0. The Balaban J connectivity index is 1.88. The highest BCUT2D eigenvalue weighted by Gasteiger charge is 2.28. The third kappa shape index (κ3) is 4.73. The van der Waals surface area contributed by atoms with Crippen LogP contribution in [0.25, 0.3) is 0 Å². The van der Waals surface area contributed by atoms with Crippen LogP contribution in [0.5, 0.6) is 0 Å². The number of nitrogens with zero attached hydrogens (tertiary/aromatic N) is 3. The molecule has 0 saturated carbocycles. The molecule has 1 aliphatic heterocycles. The van der Waals surface area contributed by atoms with E-state index in [2.05, 4.69) is 15.3 Å². The molecular weight excluding hydrogens is 298 g/mol. The van der Waals surface area contributed by atoms with Crippen LogP contribution in [0.4, 0.5) is 0 Å². The van der Waals surface area contributed by atoms with Crippen molar-refractivity contribution in [3.05, 3.63) is 23.8 Å². The quantitative estimate of drug-likeness (QED) is 0.746. The predicted octanol–water partition coefficient (Wildman–Crippen LogP) is -0.306. The SMILES string of the molecule is CC(=O)N1CCC[C@H]1c1cnc(CCC(=O)NCC(N)=O)cn1. The molecule has 8 nitrogen and oxygen atoms in total. The van der Waals surface area contributed by atoms with Crippen LogP contribution in [0.15, 0.2) is 12.4 Å². The van der Waals surface area contributed by atoms with Crippen molar-refractivity contribution >= 4 is 17.7 Å². The maximum absolute atomic E-state index is 11.6. The minimum atomic E-state index is -0.575. The van der Waals surface area contributed by atoms with Crippen molar-refractivity contribution in [1.82, 2.24) is 20.2 Å². The van der Waals surface area contributed by atoms with Crippen LogP contribution in [0.1, 0.15) is 43.6 Å². The highest BCUT2D eigenvalue weighted by Crippen LogP contribution is 2.30. The van der Waals surface area contributed by atoms with Gasteiger partial charge in [0.1, 0.15) is 0 Å². The van der Waals surface area contributed by atoms with E-state index in [1.165, 1.54) is 0 Å². The van der Waals surface area contributed by atoms with Crippen molar-refractivity contribution in [3.63, 3.8) is 0 Å². The Morgan fingerprint density at radius 2 is 2.13 bits per heavy atom. The van der Waals surface area contributed by atoms with E-state index in [0.29, 0.717) is 12.1 Å². The average molecular weight is 319 g/mol. The maximum atomic E-state index is 11.6. The van der Waals surface area contributed by atoms with Gasteiger partial charge in [-0.05, 0) is 19.3 Å². The first kappa shape index (κ1) is 16.9. The number of carbonyl (C=O) groups excluding carboxylic acids is 3. The standard InChI is InChI=1S/C15H21N5O3/c1-10(21)20-6-2-3-13(20)12-8-17-11(7-18-12)4-5-15(23)19-9-14(16)22/h7-8,13H,2-6,9H2,1H3,(H2,16,22)(H,19,23)/t13-/m0/s1.